The third-order valence-corrected chi connectivity index (χ3v) is 3.78. The number of thiophene rings is 1. The summed E-state index contributed by atoms with van der Waals surface area (Å²) in [5, 5.41) is 14.5. The molecule has 0 aliphatic rings. The second-order valence-corrected chi connectivity index (χ2v) is 5.39. The van der Waals surface area contributed by atoms with Crippen LogP contribution >= 0.6 is 11.3 Å². The zero-order valence-corrected chi connectivity index (χ0v) is 12.3. The number of aliphatic carboxylic acids is 1. The van der Waals surface area contributed by atoms with Crippen LogP contribution in [0.5, 0.6) is 0 Å². The van der Waals surface area contributed by atoms with Gasteiger partial charge >= 0.3 is 5.97 Å². The Bertz CT molecular complexity index is 518. The quantitative estimate of drug-likeness (QED) is 0.423. The Morgan fingerprint density at radius 1 is 1.57 bits per heavy atom. The zero-order chi connectivity index (χ0) is 14.9. The van der Waals surface area contributed by atoms with E-state index in [2.05, 4.69) is 15.1 Å². The molecular formula is C14H17N3O3S. The van der Waals surface area contributed by atoms with Crippen LogP contribution in [0.3, 0.4) is 0 Å². The Labute approximate surface area is 126 Å². The van der Waals surface area contributed by atoms with Gasteiger partial charge in [-0.3, -0.25) is 4.79 Å². The third kappa shape index (κ3) is 5.03. The smallest absolute Gasteiger partial charge is 0.303 e. The van der Waals surface area contributed by atoms with Gasteiger partial charge in [0.15, 0.2) is 0 Å². The lowest BCUT2D eigenvalue weighted by Gasteiger charge is -2.06. The molecule has 0 aliphatic heterocycles. The van der Waals surface area contributed by atoms with Crippen LogP contribution in [-0.2, 0) is 9.63 Å². The number of aromatic nitrogens is 2. The fraction of sp³-hybridized carbons (Fsp3) is 0.357. The maximum atomic E-state index is 10.4. The van der Waals surface area contributed by atoms with Crippen LogP contribution < -0.4 is 0 Å². The first-order valence-corrected chi connectivity index (χ1v) is 7.55. The molecule has 0 radical (unpaired) electrons. The number of hydrogen-bond acceptors (Lipinski definition) is 5. The molecule has 0 spiro atoms. The molecule has 0 saturated carbocycles. The van der Waals surface area contributed by atoms with Crippen LogP contribution in [0.25, 0.3) is 0 Å². The maximum absolute atomic E-state index is 10.4. The number of imidazole rings is 1. The molecule has 0 amide bonds. The molecule has 1 unspecified atom stereocenters. The molecule has 0 aliphatic carbocycles. The van der Waals surface area contributed by atoms with E-state index in [1.165, 1.54) is 0 Å². The number of rotatable bonds is 9. The summed E-state index contributed by atoms with van der Waals surface area (Å²) in [6.07, 6.45) is 6.62. The highest BCUT2D eigenvalue weighted by Gasteiger charge is 2.15. The maximum Gasteiger partial charge on any atom is 0.303 e. The first kappa shape index (κ1) is 15.2. The molecule has 0 bridgehead atoms. The highest BCUT2D eigenvalue weighted by atomic mass is 32.1. The lowest BCUT2D eigenvalue weighted by Crippen LogP contribution is -2.03. The number of nitrogens with one attached hydrogen (secondary N) is 1. The molecule has 2 aromatic heterocycles. The lowest BCUT2D eigenvalue weighted by molar-refractivity contribution is -0.137. The van der Waals surface area contributed by atoms with Gasteiger partial charge in [0.05, 0.1) is 12.1 Å². The van der Waals surface area contributed by atoms with Crippen molar-refractivity contribution in [3.05, 3.63) is 40.6 Å². The van der Waals surface area contributed by atoms with Crippen LogP contribution in [-0.4, -0.2) is 33.9 Å². The lowest BCUT2D eigenvalue weighted by atomic mass is 10.1. The predicted molar refractivity (Wildman–Crippen MR) is 80.7 cm³/mol. The number of H-pyrrole nitrogens is 1. The van der Waals surface area contributed by atoms with E-state index in [1.807, 2.05) is 17.5 Å². The summed E-state index contributed by atoms with van der Waals surface area (Å²) in [5.41, 5.74) is 0. The van der Waals surface area contributed by atoms with Gasteiger partial charge in [-0.2, -0.15) is 0 Å². The summed E-state index contributed by atoms with van der Waals surface area (Å²) in [4.78, 5) is 24.0. The molecule has 2 aromatic rings. The van der Waals surface area contributed by atoms with Crippen molar-refractivity contribution in [2.24, 2.45) is 5.16 Å². The summed E-state index contributed by atoms with van der Waals surface area (Å²) in [7, 11) is 0. The van der Waals surface area contributed by atoms with Crippen molar-refractivity contribution < 1.29 is 14.7 Å². The van der Waals surface area contributed by atoms with Gasteiger partial charge in [-0.25, -0.2) is 4.98 Å². The number of carbonyl (C=O) groups is 1. The highest BCUT2D eigenvalue weighted by molar-refractivity contribution is 7.10. The monoisotopic (exact) mass is 307 g/mol. The Morgan fingerprint density at radius 2 is 2.48 bits per heavy atom. The summed E-state index contributed by atoms with van der Waals surface area (Å²) < 4.78 is 0. The molecule has 2 N–H and O–H groups in total. The standard InChI is InChI=1S/C14H17N3O3S/c18-13(19)5-1-2-8-20-17-10-11(12-4-3-9-21-12)14-15-6-7-16-14/h3-4,6-7,9-11H,1-2,5,8H2,(H,15,16)(H,18,19). The van der Waals surface area contributed by atoms with Crippen LogP contribution in [0, 0.1) is 0 Å². The topological polar surface area (TPSA) is 87.6 Å². The van der Waals surface area contributed by atoms with Crippen LogP contribution in [0.1, 0.15) is 35.9 Å². The number of carboxylic acid groups (broad SMARTS) is 1. The molecule has 0 fully saturated rings. The summed E-state index contributed by atoms with van der Waals surface area (Å²) >= 11 is 1.63. The largest absolute Gasteiger partial charge is 0.481 e. The van der Waals surface area contributed by atoms with Crippen molar-refractivity contribution >= 4 is 23.5 Å². The molecule has 1 atom stereocenters. The molecule has 2 heterocycles. The Kier molecular flexibility index (Phi) is 5.96. The molecule has 2 rings (SSSR count). The molecule has 6 nitrogen and oxygen atoms in total. The van der Waals surface area contributed by atoms with Crippen molar-refractivity contribution in [1.82, 2.24) is 9.97 Å². The van der Waals surface area contributed by atoms with E-state index in [-0.39, 0.29) is 12.3 Å². The van der Waals surface area contributed by atoms with Crippen molar-refractivity contribution in [2.45, 2.75) is 25.2 Å². The van der Waals surface area contributed by atoms with Gasteiger partial charge in [0.2, 0.25) is 0 Å². The van der Waals surface area contributed by atoms with E-state index >= 15 is 0 Å². The van der Waals surface area contributed by atoms with Crippen LogP contribution in [0.4, 0.5) is 0 Å². The number of aromatic amines is 1. The summed E-state index contributed by atoms with van der Waals surface area (Å²) in [5.74, 6) is -0.0243. The Morgan fingerprint density at radius 3 is 3.14 bits per heavy atom. The zero-order valence-electron chi connectivity index (χ0n) is 11.4. The Balaban J connectivity index is 1.82. The number of unbranched alkanes of at least 4 members (excludes halogenated alkanes) is 1. The average Bonchev–Trinajstić information content (AvgIpc) is 3.14. The third-order valence-electron chi connectivity index (χ3n) is 2.82. The first-order valence-electron chi connectivity index (χ1n) is 6.67. The molecule has 21 heavy (non-hydrogen) atoms. The normalized spacial score (nSPS) is 12.6. The summed E-state index contributed by atoms with van der Waals surface area (Å²) in [6, 6.07) is 4.01. The fourth-order valence-electron chi connectivity index (χ4n) is 1.79. The van der Waals surface area contributed by atoms with Gasteiger partial charge in [0.25, 0.3) is 0 Å². The Hall–Kier alpha value is -2.15. The second kappa shape index (κ2) is 8.21. The van der Waals surface area contributed by atoms with Crippen LogP contribution in [0.2, 0.25) is 0 Å². The second-order valence-electron chi connectivity index (χ2n) is 4.41. The number of carboxylic acids is 1. The van der Waals surface area contributed by atoms with Gasteiger partial charge in [0.1, 0.15) is 12.4 Å². The van der Waals surface area contributed by atoms with Crippen molar-refractivity contribution in [3.63, 3.8) is 0 Å². The van der Waals surface area contributed by atoms with E-state index in [9.17, 15) is 4.79 Å². The minimum atomic E-state index is -0.783. The van der Waals surface area contributed by atoms with Gasteiger partial charge < -0.3 is 14.9 Å². The fourth-order valence-corrected chi connectivity index (χ4v) is 2.58. The number of nitrogens with zero attached hydrogens (tertiary/aromatic N) is 2. The van der Waals surface area contributed by atoms with Crippen molar-refractivity contribution in [2.75, 3.05) is 6.61 Å². The summed E-state index contributed by atoms with van der Waals surface area (Å²) in [6.45, 7) is 0.416. The predicted octanol–water partition coefficient (Wildman–Crippen LogP) is 2.86. The molecular weight excluding hydrogens is 290 g/mol. The molecule has 112 valence electrons. The van der Waals surface area contributed by atoms with E-state index in [1.54, 1.807) is 29.9 Å². The highest BCUT2D eigenvalue weighted by Crippen LogP contribution is 2.24. The minimum absolute atomic E-state index is 0.0565. The van der Waals surface area contributed by atoms with Gasteiger partial charge in [-0.15, -0.1) is 11.3 Å². The van der Waals surface area contributed by atoms with E-state index in [0.717, 1.165) is 10.7 Å². The van der Waals surface area contributed by atoms with Crippen molar-refractivity contribution in [3.8, 4) is 0 Å². The van der Waals surface area contributed by atoms with E-state index in [0.29, 0.717) is 19.4 Å². The van der Waals surface area contributed by atoms with E-state index < -0.39 is 5.97 Å². The van der Waals surface area contributed by atoms with Gasteiger partial charge in [0, 0.05) is 23.7 Å². The van der Waals surface area contributed by atoms with E-state index in [4.69, 9.17) is 9.94 Å². The molecule has 0 aromatic carbocycles. The van der Waals surface area contributed by atoms with Crippen molar-refractivity contribution in [1.29, 1.82) is 0 Å². The van der Waals surface area contributed by atoms with Crippen LogP contribution in [0.15, 0.2) is 35.1 Å². The minimum Gasteiger partial charge on any atom is -0.481 e. The first-order chi connectivity index (χ1) is 10.3. The number of oxime groups is 1. The number of hydrogen-bond donors (Lipinski definition) is 2. The van der Waals surface area contributed by atoms with Gasteiger partial charge in [-0.05, 0) is 24.3 Å². The molecule has 7 heteroatoms. The van der Waals surface area contributed by atoms with Gasteiger partial charge in [-0.1, -0.05) is 11.2 Å². The average molecular weight is 307 g/mol. The molecule has 0 saturated heterocycles. The SMILES string of the molecule is O=C(O)CCCCON=CC(c1ncc[nH]1)c1cccs1.